The van der Waals surface area contributed by atoms with Gasteiger partial charge in [-0.15, -0.1) is 12.6 Å². The van der Waals surface area contributed by atoms with E-state index >= 15 is 0 Å². The summed E-state index contributed by atoms with van der Waals surface area (Å²) in [4.78, 5) is 11.9. The van der Waals surface area contributed by atoms with Gasteiger partial charge < -0.3 is 9.84 Å². The van der Waals surface area contributed by atoms with E-state index in [1.807, 2.05) is 6.07 Å². The van der Waals surface area contributed by atoms with Crippen molar-refractivity contribution in [3.63, 3.8) is 0 Å². The molecule has 0 bridgehead atoms. The van der Waals surface area contributed by atoms with E-state index in [9.17, 15) is 4.79 Å². The zero-order valence-corrected chi connectivity index (χ0v) is 10.3. The molecule has 0 aliphatic carbocycles. The van der Waals surface area contributed by atoms with Gasteiger partial charge in [-0.2, -0.15) is 5.26 Å². The summed E-state index contributed by atoms with van der Waals surface area (Å²) >= 11 is 4.24. The Labute approximate surface area is 105 Å². The van der Waals surface area contributed by atoms with Crippen LogP contribution < -0.4 is 0 Å². The maximum atomic E-state index is 11.4. The molecule has 1 N–H and O–H groups in total. The Balaban J connectivity index is 3.11. The van der Waals surface area contributed by atoms with Crippen molar-refractivity contribution in [1.82, 2.24) is 0 Å². The highest BCUT2D eigenvalue weighted by Crippen LogP contribution is 2.23. The van der Waals surface area contributed by atoms with Gasteiger partial charge in [0.2, 0.25) is 0 Å². The molecule has 0 heterocycles. The number of ether oxygens (including phenoxy) is 1. The lowest BCUT2D eigenvalue weighted by Gasteiger charge is -2.10. The number of nitrogens with zero attached hydrogens (tertiary/aromatic N) is 1. The largest absolute Gasteiger partial charge is 0.466 e. The van der Waals surface area contributed by atoms with Gasteiger partial charge in [-0.25, -0.2) is 0 Å². The zero-order valence-electron chi connectivity index (χ0n) is 9.43. The molecule has 0 atom stereocenters. The second kappa shape index (κ2) is 6.28. The van der Waals surface area contributed by atoms with Gasteiger partial charge in [-0.1, -0.05) is 6.07 Å². The summed E-state index contributed by atoms with van der Waals surface area (Å²) in [5, 5.41) is 18.0. The molecule has 4 nitrogen and oxygen atoms in total. The molecule has 0 aromatic heterocycles. The summed E-state index contributed by atoms with van der Waals surface area (Å²) < 4.78 is 4.83. The first-order valence-corrected chi connectivity index (χ1v) is 5.59. The molecular formula is C12H13NO3S. The molecule has 0 spiro atoms. The number of aliphatic hydroxyl groups excluding tert-OH is 1. The van der Waals surface area contributed by atoms with Crippen LogP contribution in [-0.4, -0.2) is 17.7 Å². The standard InChI is InChI=1S/C12H13NO3S/c1-2-16-11(15)5-10-8(6-13)3-4-9(7-14)12(10)17/h3-4,14,17H,2,5,7H2,1H3. The monoisotopic (exact) mass is 251 g/mol. The van der Waals surface area contributed by atoms with Crippen molar-refractivity contribution >= 4 is 18.6 Å². The highest BCUT2D eigenvalue weighted by atomic mass is 32.1. The summed E-state index contributed by atoms with van der Waals surface area (Å²) in [6.45, 7) is 1.83. The van der Waals surface area contributed by atoms with Crippen LogP contribution in [0.4, 0.5) is 0 Å². The second-order valence-electron chi connectivity index (χ2n) is 3.35. The van der Waals surface area contributed by atoms with E-state index in [1.165, 1.54) is 0 Å². The van der Waals surface area contributed by atoms with Crippen LogP contribution in [0.3, 0.4) is 0 Å². The molecule has 0 aliphatic rings. The first-order chi connectivity index (χ1) is 8.13. The number of hydrogen-bond acceptors (Lipinski definition) is 5. The SMILES string of the molecule is CCOC(=O)Cc1c(C#N)ccc(CO)c1S. The number of hydrogen-bond donors (Lipinski definition) is 2. The molecule has 0 amide bonds. The third-order valence-corrected chi connectivity index (χ3v) is 2.84. The van der Waals surface area contributed by atoms with Crippen LogP contribution in [0, 0.1) is 11.3 Å². The fourth-order valence-corrected chi connectivity index (χ4v) is 1.80. The van der Waals surface area contributed by atoms with Gasteiger partial charge in [0.1, 0.15) is 0 Å². The van der Waals surface area contributed by atoms with Gasteiger partial charge in [-0.3, -0.25) is 4.79 Å². The smallest absolute Gasteiger partial charge is 0.310 e. The quantitative estimate of drug-likeness (QED) is 0.627. The number of nitriles is 1. The van der Waals surface area contributed by atoms with Crippen LogP contribution in [0.5, 0.6) is 0 Å². The number of esters is 1. The lowest BCUT2D eigenvalue weighted by Crippen LogP contribution is -2.10. The fraction of sp³-hybridized carbons (Fsp3) is 0.333. The third kappa shape index (κ3) is 3.22. The van der Waals surface area contributed by atoms with Crippen LogP contribution in [0.2, 0.25) is 0 Å². The molecule has 0 fully saturated rings. The normalized spacial score (nSPS) is 9.76. The van der Waals surface area contributed by atoms with E-state index in [0.29, 0.717) is 28.2 Å². The third-order valence-electron chi connectivity index (χ3n) is 2.28. The highest BCUT2D eigenvalue weighted by Gasteiger charge is 2.14. The first-order valence-electron chi connectivity index (χ1n) is 5.14. The maximum Gasteiger partial charge on any atom is 0.310 e. The predicted molar refractivity (Wildman–Crippen MR) is 64.7 cm³/mol. The minimum Gasteiger partial charge on any atom is -0.466 e. The molecule has 0 saturated carbocycles. The molecule has 0 aliphatic heterocycles. The molecule has 1 aromatic carbocycles. The van der Waals surface area contributed by atoms with Crippen molar-refractivity contribution in [1.29, 1.82) is 5.26 Å². The van der Waals surface area contributed by atoms with Crippen molar-refractivity contribution in [3.05, 3.63) is 28.8 Å². The number of rotatable bonds is 4. The zero-order chi connectivity index (χ0) is 12.8. The lowest BCUT2D eigenvalue weighted by molar-refractivity contribution is -0.142. The lowest BCUT2D eigenvalue weighted by atomic mass is 10.0. The van der Waals surface area contributed by atoms with E-state index in [1.54, 1.807) is 19.1 Å². The summed E-state index contributed by atoms with van der Waals surface area (Å²) in [5.41, 5.74) is 1.47. The van der Waals surface area contributed by atoms with Gasteiger partial charge in [0, 0.05) is 4.90 Å². The van der Waals surface area contributed by atoms with Crippen LogP contribution in [0.25, 0.3) is 0 Å². The summed E-state index contributed by atoms with van der Waals surface area (Å²) in [7, 11) is 0. The predicted octanol–water partition coefficient (Wildman–Crippen LogP) is 1.44. The van der Waals surface area contributed by atoms with Crippen molar-refractivity contribution < 1.29 is 14.6 Å². The molecule has 0 unspecified atom stereocenters. The molecular weight excluding hydrogens is 238 g/mol. The first kappa shape index (κ1) is 13.6. The van der Waals surface area contributed by atoms with Crippen molar-refractivity contribution in [3.8, 4) is 6.07 Å². The number of aliphatic hydroxyl groups is 1. The van der Waals surface area contributed by atoms with Crippen molar-refractivity contribution in [2.24, 2.45) is 0 Å². The molecule has 1 rings (SSSR count). The van der Waals surface area contributed by atoms with Crippen LogP contribution in [0.1, 0.15) is 23.6 Å². The second-order valence-corrected chi connectivity index (χ2v) is 3.80. The van der Waals surface area contributed by atoms with Crippen LogP contribution >= 0.6 is 12.6 Å². The van der Waals surface area contributed by atoms with Crippen molar-refractivity contribution in [2.75, 3.05) is 6.61 Å². The Morgan fingerprint density at radius 2 is 2.29 bits per heavy atom. The molecule has 5 heteroatoms. The van der Waals surface area contributed by atoms with Gasteiger partial charge in [0.05, 0.1) is 31.3 Å². The van der Waals surface area contributed by atoms with Crippen LogP contribution in [0.15, 0.2) is 17.0 Å². The van der Waals surface area contributed by atoms with E-state index in [2.05, 4.69) is 12.6 Å². The van der Waals surface area contributed by atoms with Gasteiger partial charge >= 0.3 is 5.97 Å². The Hall–Kier alpha value is -1.51. The maximum absolute atomic E-state index is 11.4. The summed E-state index contributed by atoms with van der Waals surface area (Å²) in [6, 6.07) is 5.19. The molecule has 90 valence electrons. The number of carbonyl (C=O) groups is 1. The minimum atomic E-state index is -0.408. The van der Waals surface area contributed by atoms with E-state index in [0.717, 1.165) is 0 Å². The van der Waals surface area contributed by atoms with Crippen LogP contribution in [-0.2, 0) is 22.6 Å². The fourth-order valence-electron chi connectivity index (χ4n) is 1.45. The Bertz CT molecular complexity index is 466. The average Bonchev–Trinajstić information content (AvgIpc) is 2.32. The Morgan fingerprint density at radius 1 is 1.59 bits per heavy atom. The molecule has 0 saturated heterocycles. The number of benzene rings is 1. The van der Waals surface area contributed by atoms with Gasteiger partial charge in [-0.05, 0) is 24.1 Å². The van der Waals surface area contributed by atoms with Gasteiger partial charge in [0.15, 0.2) is 0 Å². The topological polar surface area (TPSA) is 70.3 Å². The van der Waals surface area contributed by atoms with E-state index in [-0.39, 0.29) is 13.0 Å². The highest BCUT2D eigenvalue weighted by molar-refractivity contribution is 7.80. The number of thiol groups is 1. The molecule has 17 heavy (non-hydrogen) atoms. The van der Waals surface area contributed by atoms with E-state index in [4.69, 9.17) is 15.1 Å². The Morgan fingerprint density at radius 3 is 2.82 bits per heavy atom. The minimum absolute atomic E-state index is 0.0105. The summed E-state index contributed by atoms with van der Waals surface area (Å²) in [6.07, 6.45) is -0.0105. The number of carbonyl (C=O) groups excluding carboxylic acids is 1. The van der Waals surface area contributed by atoms with Crippen molar-refractivity contribution in [2.45, 2.75) is 24.8 Å². The molecule has 0 radical (unpaired) electrons. The summed E-state index contributed by atoms with van der Waals surface area (Å²) in [5.74, 6) is -0.408. The Kier molecular flexibility index (Phi) is 5.01. The molecule has 1 aromatic rings. The van der Waals surface area contributed by atoms with Gasteiger partial charge in [0.25, 0.3) is 0 Å². The average molecular weight is 251 g/mol. The van der Waals surface area contributed by atoms with E-state index < -0.39 is 5.97 Å².